The summed E-state index contributed by atoms with van der Waals surface area (Å²) < 4.78 is 138. The molecule has 20 unspecified atom stereocenters. The van der Waals surface area contributed by atoms with Crippen molar-refractivity contribution in [1.82, 2.24) is 0 Å². The molecule has 2 aromatic carbocycles. The summed E-state index contributed by atoms with van der Waals surface area (Å²) in [6.07, 6.45) is -8.17. The number of methoxy groups -OCH3 is 1. The summed E-state index contributed by atoms with van der Waals surface area (Å²) in [5, 5.41) is 16.1. The van der Waals surface area contributed by atoms with Crippen LogP contribution in [0.4, 0.5) is 0 Å². The minimum absolute atomic E-state index is 0.00216. The first-order valence-corrected chi connectivity index (χ1v) is 47.7. The van der Waals surface area contributed by atoms with E-state index in [0.717, 1.165) is 43.1 Å². The minimum Gasteiger partial charge on any atom is -0.432 e. The number of Topliss-reactive ketones (excluding diaryl/α,β-unsaturated/α-hetero) is 1. The molecule has 9 saturated heterocycles. The maximum absolute atomic E-state index is 17.0. The van der Waals surface area contributed by atoms with Crippen LogP contribution in [-0.2, 0) is 116 Å². The number of allylic oxidation sites excluding steroid dienone is 2. The Hall–Kier alpha value is -4.50. The first-order chi connectivity index (χ1) is 59.9. The normalized spacial score (nSPS) is 49.5. The van der Waals surface area contributed by atoms with E-state index in [2.05, 4.69) is 106 Å². The molecule has 1 N–H and O–H groups in total. The lowest BCUT2D eigenvalue weighted by molar-refractivity contribution is -0.374. The van der Waals surface area contributed by atoms with Gasteiger partial charge in [-0.2, -0.15) is 0 Å². The third kappa shape index (κ3) is 16.8. The molecule has 0 radical (unpaired) electrons. The lowest BCUT2D eigenvalue weighted by Crippen LogP contribution is -2.69. The second kappa shape index (κ2) is 36.7. The second-order valence-corrected chi connectivity index (χ2v) is 43.1. The van der Waals surface area contributed by atoms with Crippen molar-refractivity contribution in [1.29, 1.82) is 0 Å². The Kier molecular flexibility index (Phi) is 27.6. The van der Waals surface area contributed by atoms with Crippen LogP contribution >= 0.6 is 0 Å². The van der Waals surface area contributed by atoms with Gasteiger partial charge in [-0.25, -0.2) is 0 Å². The monoisotopic (exact) mass is 1760 g/mol. The molecule has 702 valence electrons. The van der Waals surface area contributed by atoms with Gasteiger partial charge in [0.15, 0.2) is 55.6 Å². The summed E-state index contributed by atoms with van der Waals surface area (Å²) >= 11 is 0. The van der Waals surface area contributed by atoms with Gasteiger partial charge in [-0.15, -0.1) is 0 Å². The number of hydrogen-bond donors (Lipinski definition) is 1. The molecule has 13 fully saturated rings. The van der Waals surface area contributed by atoms with Gasteiger partial charge >= 0.3 is 5.97 Å². The number of carbonyl (C=O) groups is 3. The molecule has 42 atom stereocenters. The van der Waals surface area contributed by atoms with E-state index in [4.69, 9.17) is 94.7 Å². The van der Waals surface area contributed by atoms with Gasteiger partial charge in [-0.3, -0.25) is 9.59 Å². The number of aldehydes is 1. The number of aliphatic hydroxyl groups is 1. The third-order valence-electron chi connectivity index (χ3n) is 35.0. The van der Waals surface area contributed by atoms with Crippen LogP contribution in [0.25, 0.3) is 10.4 Å². The fraction of sp³-hybridized carbons (Fsp3) is 0.828. The predicted molar refractivity (Wildman–Crippen MR) is 461 cm³/mol. The number of aliphatic hydroxyl groups excluding tert-OH is 1. The van der Waals surface area contributed by atoms with Crippen LogP contribution in [-0.4, -0.2) is 210 Å². The first-order valence-electron chi connectivity index (χ1n) is 47.7. The number of benzene rings is 2. The van der Waals surface area contributed by atoms with Crippen LogP contribution in [0.1, 0.15) is 233 Å². The smallest absolute Gasteiger partial charge is 0.317 e. The van der Waals surface area contributed by atoms with Gasteiger partial charge in [0.05, 0.1) is 87.2 Å². The van der Waals surface area contributed by atoms with Crippen LogP contribution in [0, 0.1) is 104 Å². The molecule has 0 aromatic heterocycles. The van der Waals surface area contributed by atoms with Crippen LogP contribution in [0.2, 0.25) is 0 Å². The van der Waals surface area contributed by atoms with Gasteiger partial charge in [0, 0.05) is 41.3 Å². The molecule has 5 aliphatic carbocycles. The zero-order chi connectivity index (χ0) is 90.0. The number of nitrogens with zero attached hydrogens (tertiary/aromatic N) is 3. The molecule has 2 aromatic rings. The quantitative estimate of drug-likeness (QED) is 0.0184. The maximum atomic E-state index is 17.0. The van der Waals surface area contributed by atoms with Crippen molar-refractivity contribution in [3.63, 3.8) is 0 Å². The van der Waals surface area contributed by atoms with Crippen molar-refractivity contribution in [2.75, 3.05) is 33.5 Å². The van der Waals surface area contributed by atoms with Crippen LogP contribution in [0.15, 0.2) is 77.4 Å². The molecular weight excluding hydrogens is 1620 g/mol. The van der Waals surface area contributed by atoms with E-state index >= 15 is 4.79 Å². The Labute approximate surface area is 746 Å². The van der Waals surface area contributed by atoms with Crippen molar-refractivity contribution in [3.05, 3.63) is 93.9 Å². The predicted octanol–water partition coefficient (Wildman–Crippen LogP) is 16.2. The highest BCUT2D eigenvalue weighted by Crippen LogP contribution is 2.77. The van der Waals surface area contributed by atoms with Gasteiger partial charge < -0.3 is 105 Å². The Morgan fingerprint density at radius 1 is 0.603 bits per heavy atom. The number of rotatable bonds is 25. The summed E-state index contributed by atoms with van der Waals surface area (Å²) in [5.74, 6) is -2.69. The molecule has 27 nitrogen and oxygen atoms in total. The third-order valence-corrected chi connectivity index (χ3v) is 35.0. The molecule has 4 saturated carbocycles. The molecule has 27 heteroatoms. The van der Waals surface area contributed by atoms with E-state index in [1.165, 1.54) is 5.57 Å². The van der Waals surface area contributed by atoms with Gasteiger partial charge in [0.2, 0.25) is 6.29 Å². The zero-order valence-electron chi connectivity index (χ0n) is 78.7. The standard InChI is InChI=1S/C99H147N3O24/c1-23-67-54(6)53(5)56(8)85(113-67)121-80-76(118-83-55(7)52(4)51(3)45-109-83)58(10)74(60(12)104)116-88(80)115-71-38-39-94(18)69(95(71,19)49-103)37-40-96(20)70(94)36-35-64-65-43-92(14,15)41-42-99(65,72(107-22)44-97(64,96)21)91(106)123-87-77(57(9)73(101-102-100)68(114-87)48-108-46-62-31-27-25-28-32-62)119-89-81-79(124-93(16,17)125-81)78(61(13)112-89)120-84-59(11)75(66(105)47-110-84)117-90-82-98(24-2,50-111-90)126-86(122-82)63-33-29-26-30-34-63/h25-35,49,51-59,61,65-90,105H,23-24,36-48,50H2,1-22H3/t51-,52-,53-,54+,55?,56?,57?,58-,59?,61?,65?,66-,67?,68?,69+,70?,71-,72?,73+,74?,75?,76-,77?,78-,79?,80?,81?,82?,83-,84-,85-,86-,87-,88+,89-,90+,94?,95+,96?,97?,98-,99+/m0/s1. The van der Waals surface area contributed by atoms with E-state index < -0.39 is 193 Å². The molecule has 16 rings (SSSR count). The van der Waals surface area contributed by atoms with E-state index in [-0.39, 0.29) is 90.1 Å². The van der Waals surface area contributed by atoms with Crippen molar-refractivity contribution in [2.24, 2.45) is 109 Å². The summed E-state index contributed by atoms with van der Waals surface area (Å²) in [7, 11) is 1.73. The van der Waals surface area contributed by atoms with Gasteiger partial charge in [-0.1, -0.05) is 195 Å². The summed E-state index contributed by atoms with van der Waals surface area (Å²) in [5.41, 5.74) is 9.04. The van der Waals surface area contributed by atoms with Gasteiger partial charge in [-0.05, 0) is 178 Å². The number of carbonyl (C=O) groups excluding carboxylic acids is 3. The number of ketones is 1. The number of esters is 1. The summed E-state index contributed by atoms with van der Waals surface area (Å²) in [6.45, 7) is 45.3. The van der Waals surface area contributed by atoms with Crippen LogP contribution < -0.4 is 0 Å². The molecule has 14 aliphatic rings. The van der Waals surface area contributed by atoms with E-state index in [1.807, 2.05) is 109 Å². The van der Waals surface area contributed by atoms with Crippen molar-refractivity contribution in [3.8, 4) is 0 Å². The van der Waals surface area contributed by atoms with Gasteiger partial charge in [0.1, 0.15) is 66.1 Å². The molecule has 9 heterocycles. The number of azide groups is 1. The fourth-order valence-corrected chi connectivity index (χ4v) is 26.4. The highest BCUT2D eigenvalue weighted by atomic mass is 16.8. The van der Waals surface area contributed by atoms with Crippen LogP contribution in [0.5, 0.6) is 0 Å². The van der Waals surface area contributed by atoms with E-state index in [9.17, 15) is 20.2 Å². The van der Waals surface area contributed by atoms with Crippen molar-refractivity contribution in [2.45, 2.75) is 382 Å². The molecule has 0 amide bonds. The molecular formula is C99H147N3O24. The highest BCUT2D eigenvalue weighted by molar-refractivity contribution is 5.81. The van der Waals surface area contributed by atoms with Crippen molar-refractivity contribution < 1.29 is 114 Å². The number of fused-ring (bicyclic) bond motifs is 9. The maximum Gasteiger partial charge on any atom is 0.317 e. The molecule has 126 heavy (non-hydrogen) atoms. The molecule has 9 aliphatic heterocycles. The topological polar surface area (TPSA) is 305 Å². The Bertz CT molecular complexity index is 4200. The minimum atomic E-state index is -1.43. The van der Waals surface area contributed by atoms with Crippen molar-refractivity contribution >= 4 is 18.0 Å². The molecule has 0 bridgehead atoms. The van der Waals surface area contributed by atoms with E-state index in [0.29, 0.717) is 69.3 Å². The SMILES string of the molecule is CCC1O[C@@H](OC2[C@H](O[C@H]3CCC4(C)C5CC=C6C7CC(C)(C)CC[C@]7(C(=O)O[C@@H]7OC(COCc8ccccc8)[C@H](N=[N+]=[N-])C(C)C7O[C@@H]7OC(C)[C@H](O[C@@H]8OC[C@H](O)C(O[C@H]9OC[C@]%10(CC)O[C@@H](c%11ccccc%11)OC9%10)C8C)C8OC(C)(C)OC87)C(OC)CC6(C)C5(C)CC[C@H]4[C@@]3(C)C=O)OC(C(C)=O)[C@H](C)[C@@H]2O[C@@H]2OC[C@H](C)[C@H](C)C2C)C(C)[C@@H](C)[C@H]1C. The number of ether oxygens (including phenoxy) is 20. The largest absolute Gasteiger partial charge is 0.432 e. The Balaban J connectivity index is 0.670. The highest BCUT2D eigenvalue weighted by Gasteiger charge is 2.74. The lowest BCUT2D eigenvalue weighted by Gasteiger charge is -2.71. The first kappa shape index (κ1) is 94.7. The summed E-state index contributed by atoms with van der Waals surface area (Å²) in [4.78, 5) is 49.2. The zero-order valence-corrected chi connectivity index (χ0v) is 78.7. The number of hydrogen-bond acceptors (Lipinski definition) is 25. The Morgan fingerprint density at radius 3 is 1.97 bits per heavy atom. The lowest BCUT2D eigenvalue weighted by atomic mass is 9.33. The van der Waals surface area contributed by atoms with Crippen LogP contribution in [0.3, 0.4) is 0 Å². The second-order valence-electron chi connectivity index (χ2n) is 43.1. The van der Waals surface area contributed by atoms with Gasteiger partial charge in [0.25, 0.3) is 0 Å². The summed E-state index contributed by atoms with van der Waals surface area (Å²) in [6, 6.07) is 18.6. The fourth-order valence-electron chi connectivity index (χ4n) is 26.4. The molecule has 0 spiro atoms. The average Bonchev–Trinajstić information content (AvgIpc) is 0.847. The average molecular weight is 1760 g/mol. The Morgan fingerprint density at radius 2 is 1.27 bits per heavy atom. The van der Waals surface area contributed by atoms with E-state index in [1.54, 1.807) is 14.0 Å².